The van der Waals surface area contributed by atoms with Gasteiger partial charge in [-0.2, -0.15) is 0 Å². The van der Waals surface area contributed by atoms with Crippen LogP contribution >= 0.6 is 0 Å². The molecular weight excluding hydrogens is 702 g/mol. The van der Waals surface area contributed by atoms with Crippen LogP contribution in [0, 0.1) is 18.3 Å². The molecular formula is C41H57N7O7. The fraction of sp³-hybridized carbons (Fsp3) is 0.488. The highest BCUT2D eigenvalue weighted by Crippen LogP contribution is 2.24. The van der Waals surface area contributed by atoms with E-state index in [1.807, 2.05) is 83.1 Å². The number of hydrogen-bond acceptors (Lipinski definition) is 9. The Morgan fingerprint density at radius 2 is 1.71 bits per heavy atom. The first kappa shape index (κ1) is 42.5. The molecule has 1 aliphatic heterocycles. The number of hydrogen-bond donors (Lipinski definition) is 5. The van der Waals surface area contributed by atoms with Gasteiger partial charge < -0.3 is 35.4 Å². The Labute approximate surface area is 324 Å². The number of rotatable bonds is 19. The van der Waals surface area contributed by atoms with E-state index in [-0.39, 0.29) is 62.0 Å². The number of amides is 5. The maximum Gasteiger partial charge on any atom is 0.406 e. The number of aromatic hydroxyl groups is 1. The molecule has 14 heteroatoms. The molecule has 1 saturated heterocycles. The van der Waals surface area contributed by atoms with E-state index in [2.05, 4.69) is 25.8 Å². The molecule has 0 aliphatic carbocycles. The van der Waals surface area contributed by atoms with Gasteiger partial charge in [-0.25, -0.2) is 14.6 Å². The van der Waals surface area contributed by atoms with Gasteiger partial charge in [-0.05, 0) is 60.1 Å². The molecule has 1 aliphatic rings. The lowest BCUT2D eigenvalue weighted by atomic mass is 9.89. The van der Waals surface area contributed by atoms with Crippen molar-refractivity contribution in [3.8, 4) is 5.75 Å². The molecule has 3 aromatic rings. The van der Waals surface area contributed by atoms with Gasteiger partial charge in [0.2, 0.25) is 11.8 Å². The summed E-state index contributed by atoms with van der Waals surface area (Å²) in [6.45, 7) is 11.0. The number of aryl methyl sites for hydroxylation is 1. The molecule has 2 aromatic carbocycles. The van der Waals surface area contributed by atoms with E-state index >= 15 is 0 Å². The summed E-state index contributed by atoms with van der Waals surface area (Å²) in [7, 11) is 1.27. The fourth-order valence-electron chi connectivity index (χ4n) is 6.66. The molecule has 4 rings (SSSR count). The van der Waals surface area contributed by atoms with E-state index < -0.39 is 29.7 Å². The van der Waals surface area contributed by atoms with Crippen molar-refractivity contribution in [2.45, 2.75) is 85.2 Å². The Bertz CT molecular complexity index is 1720. The maximum atomic E-state index is 14.4. The zero-order valence-corrected chi connectivity index (χ0v) is 32.8. The number of benzene rings is 2. The average Bonchev–Trinajstić information content (AvgIpc) is 3.49. The molecule has 5 N–H and O–H groups in total. The lowest BCUT2D eigenvalue weighted by Gasteiger charge is -2.35. The first-order valence-corrected chi connectivity index (χ1v) is 18.8. The number of aliphatic hydroxyl groups excluding tert-OH is 1. The second-order valence-corrected chi connectivity index (χ2v) is 15.1. The summed E-state index contributed by atoms with van der Waals surface area (Å²) in [5.74, 6) is -0.807. The molecule has 0 saturated carbocycles. The molecule has 0 radical (unpaired) electrons. The smallest absolute Gasteiger partial charge is 0.406 e. The molecule has 1 aromatic heterocycles. The third-order valence-electron chi connectivity index (χ3n) is 9.84. The van der Waals surface area contributed by atoms with Crippen LogP contribution in [0.5, 0.6) is 5.75 Å². The highest BCUT2D eigenvalue weighted by molar-refractivity contribution is 5.88. The predicted octanol–water partition coefficient (Wildman–Crippen LogP) is 4.14. The minimum Gasteiger partial charge on any atom is -0.508 e. The molecule has 55 heavy (non-hydrogen) atoms. The second kappa shape index (κ2) is 19.9. The van der Waals surface area contributed by atoms with Gasteiger partial charge in [-0.1, -0.05) is 82.6 Å². The number of phenols is 1. The lowest BCUT2D eigenvalue weighted by molar-refractivity contribution is -0.131. The third-order valence-corrected chi connectivity index (χ3v) is 9.84. The Hall–Kier alpha value is -5.21. The monoisotopic (exact) mass is 759 g/mol. The van der Waals surface area contributed by atoms with Crippen molar-refractivity contribution in [3.63, 3.8) is 0 Å². The molecule has 5 amide bonds. The largest absolute Gasteiger partial charge is 0.508 e. The zero-order chi connectivity index (χ0) is 40.1. The van der Waals surface area contributed by atoms with Crippen LogP contribution in [0.3, 0.4) is 0 Å². The van der Waals surface area contributed by atoms with Crippen molar-refractivity contribution in [1.82, 2.24) is 35.9 Å². The maximum absolute atomic E-state index is 14.4. The quantitative estimate of drug-likeness (QED) is 0.113. The summed E-state index contributed by atoms with van der Waals surface area (Å²) in [6, 6.07) is 19.9. The summed E-state index contributed by atoms with van der Waals surface area (Å²) in [6.07, 6.45) is -0.802. The molecule has 4 atom stereocenters. The van der Waals surface area contributed by atoms with Gasteiger partial charge in [0.05, 0.1) is 31.5 Å². The number of ether oxygens (including phenoxy) is 1. The van der Waals surface area contributed by atoms with Gasteiger partial charge in [0.15, 0.2) is 0 Å². The molecule has 298 valence electrons. The fourth-order valence-corrected chi connectivity index (χ4v) is 6.66. The highest BCUT2D eigenvalue weighted by atomic mass is 16.5. The van der Waals surface area contributed by atoms with Crippen molar-refractivity contribution in [1.29, 1.82) is 0 Å². The predicted molar refractivity (Wildman–Crippen MR) is 208 cm³/mol. The number of aliphatic hydroxyl groups is 1. The van der Waals surface area contributed by atoms with E-state index in [0.29, 0.717) is 26.1 Å². The van der Waals surface area contributed by atoms with Gasteiger partial charge in [0.1, 0.15) is 11.8 Å². The number of nitrogens with zero attached hydrogens (tertiary/aromatic N) is 4. The van der Waals surface area contributed by atoms with Crippen LogP contribution in [0.4, 0.5) is 9.59 Å². The zero-order valence-electron chi connectivity index (χ0n) is 32.8. The van der Waals surface area contributed by atoms with E-state index in [1.165, 1.54) is 7.11 Å². The van der Waals surface area contributed by atoms with Crippen LogP contribution in [-0.4, -0.2) is 105 Å². The topological polar surface area (TPSA) is 177 Å². The highest BCUT2D eigenvalue weighted by Gasteiger charge is 2.41. The van der Waals surface area contributed by atoms with Crippen LogP contribution < -0.4 is 16.1 Å². The number of pyridine rings is 1. The molecule has 4 unspecified atom stereocenters. The summed E-state index contributed by atoms with van der Waals surface area (Å²) in [4.78, 5) is 61.2. The van der Waals surface area contributed by atoms with E-state index in [0.717, 1.165) is 22.5 Å². The standard InChI is InChI=1S/C41H57N7O7/c1-7-28(2)37(48-21-20-46(40(48)54)25-32-15-11-12-29(3)43-32)38(52)44-34(22-30-13-9-8-10-14-30)35(50)26-47(24-31-16-18-33(49)19-17-31)45-36(51)23-41(4,5)27-42-39(53)55-6/h8-19,28,34-35,37,49-50H,7,20-27H2,1-6H3,(H,42,53)(H,44,52)(H,45,51). The number of methoxy groups -OCH3 is 1. The number of alkyl carbamates (subject to hydrolysis) is 1. The third kappa shape index (κ3) is 13.0. The summed E-state index contributed by atoms with van der Waals surface area (Å²) >= 11 is 0. The minimum atomic E-state index is -1.17. The van der Waals surface area contributed by atoms with Gasteiger partial charge in [-0.15, -0.1) is 0 Å². The van der Waals surface area contributed by atoms with Crippen LogP contribution in [-0.2, 0) is 33.8 Å². The number of hydrazine groups is 1. The first-order chi connectivity index (χ1) is 26.2. The number of nitrogens with one attached hydrogen (secondary N) is 3. The number of phenolic OH excluding ortho intramolecular Hbond substituents is 1. The SMILES string of the molecule is CCC(C)C(C(=O)NC(Cc1ccccc1)C(O)CN(Cc1ccc(O)cc1)NC(=O)CC(C)(C)CNC(=O)OC)N1CCN(Cc2cccc(C)n2)C1=O. The molecule has 0 bridgehead atoms. The Balaban J connectivity index is 1.55. The van der Waals surface area contributed by atoms with Crippen molar-refractivity contribution in [2.75, 3.05) is 33.3 Å². The summed E-state index contributed by atoms with van der Waals surface area (Å²) in [5, 5.41) is 29.1. The molecule has 1 fully saturated rings. The number of carbonyl (C=O) groups excluding carboxylic acids is 4. The van der Waals surface area contributed by atoms with Gasteiger partial charge >= 0.3 is 12.1 Å². The van der Waals surface area contributed by atoms with Crippen LogP contribution in [0.25, 0.3) is 0 Å². The van der Waals surface area contributed by atoms with Crippen LogP contribution in [0.15, 0.2) is 72.8 Å². The number of urea groups is 1. The van der Waals surface area contributed by atoms with E-state index in [1.54, 1.807) is 39.1 Å². The van der Waals surface area contributed by atoms with Crippen molar-refractivity contribution < 1.29 is 34.1 Å². The van der Waals surface area contributed by atoms with Crippen LogP contribution in [0.1, 0.15) is 63.1 Å². The van der Waals surface area contributed by atoms with Crippen molar-refractivity contribution in [2.24, 2.45) is 11.3 Å². The number of carbonyl (C=O) groups is 4. The molecule has 2 heterocycles. The van der Waals surface area contributed by atoms with E-state index in [4.69, 9.17) is 0 Å². The second-order valence-electron chi connectivity index (χ2n) is 15.1. The summed E-state index contributed by atoms with van der Waals surface area (Å²) < 4.78 is 4.67. The summed E-state index contributed by atoms with van der Waals surface area (Å²) in [5.41, 5.74) is 5.57. The number of aromatic nitrogens is 1. The van der Waals surface area contributed by atoms with Crippen LogP contribution in [0.2, 0.25) is 0 Å². The Kier molecular flexibility index (Phi) is 15.4. The van der Waals surface area contributed by atoms with Gasteiger partial charge in [0.25, 0.3) is 0 Å². The Morgan fingerprint density at radius 1 is 1.00 bits per heavy atom. The van der Waals surface area contributed by atoms with E-state index in [9.17, 15) is 29.4 Å². The van der Waals surface area contributed by atoms with Gasteiger partial charge in [-0.3, -0.25) is 20.0 Å². The minimum absolute atomic E-state index is 0.0424. The molecule has 14 nitrogen and oxygen atoms in total. The van der Waals surface area contributed by atoms with Gasteiger partial charge in [0, 0.05) is 44.8 Å². The van der Waals surface area contributed by atoms with Crippen molar-refractivity contribution >= 4 is 23.9 Å². The molecule has 0 spiro atoms. The normalized spacial score (nSPS) is 15.3. The Morgan fingerprint density at radius 3 is 2.36 bits per heavy atom. The lowest BCUT2D eigenvalue weighted by Crippen LogP contribution is -2.58. The average molecular weight is 760 g/mol. The van der Waals surface area contributed by atoms with Crippen molar-refractivity contribution in [3.05, 3.63) is 95.3 Å². The first-order valence-electron chi connectivity index (χ1n) is 18.8.